The molecule has 0 aromatic heterocycles. The predicted octanol–water partition coefficient (Wildman–Crippen LogP) is 8.67. The fourth-order valence-corrected chi connectivity index (χ4v) is 6.05. The molecule has 39 heavy (non-hydrogen) atoms. The summed E-state index contributed by atoms with van der Waals surface area (Å²) in [6, 6.07) is 38.1. The Bertz CT molecular complexity index is 1460. The number of anilines is 4. The van der Waals surface area contributed by atoms with E-state index in [2.05, 4.69) is 142 Å². The number of carbonyl (C=O) groups is 1. The Hall–Kier alpha value is -3.67. The summed E-state index contributed by atoms with van der Waals surface area (Å²) in [5.41, 5.74) is 7.55. The van der Waals surface area contributed by atoms with Crippen molar-refractivity contribution in [2.45, 2.75) is 32.9 Å². The number of nitrogens with one attached hydrogen (secondary N) is 1. The van der Waals surface area contributed by atoms with Crippen LogP contribution in [-0.2, 0) is 4.79 Å². The molecule has 1 aliphatic carbocycles. The molecule has 0 saturated carbocycles. The second-order valence-corrected chi connectivity index (χ2v) is 12.0. The summed E-state index contributed by atoms with van der Waals surface area (Å²) in [6.07, 6.45) is 1.38. The van der Waals surface area contributed by atoms with Crippen molar-refractivity contribution in [1.82, 2.24) is 5.32 Å². The Balaban J connectivity index is 1.40. The second-order valence-electron chi connectivity index (χ2n) is 11.1. The SMILES string of the molecule is CC1(C)CC(=O)C2=C(C1)N(c1ccc(Br)cc1)C(c1ccc(N(c3ccccc3)c3ccccc3)cc1)NC2. The number of nitrogens with zero attached hydrogens (tertiary/aromatic N) is 2. The van der Waals surface area contributed by atoms with E-state index < -0.39 is 0 Å². The molecule has 0 amide bonds. The lowest BCUT2D eigenvalue weighted by Gasteiger charge is -2.46. The first-order valence-electron chi connectivity index (χ1n) is 13.4. The highest BCUT2D eigenvalue weighted by molar-refractivity contribution is 9.10. The van der Waals surface area contributed by atoms with E-state index >= 15 is 0 Å². The van der Waals surface area contributed by atoms with Crippen LogP contribution in [0, 0.1) is 5.41 Å². The van der Waals surface area contributed by atoms with Gasteiger partial charge < -0.3 is 9.80 Å². The van der Waals surface area contributed by atoms with Gasteiger partial charge in [-0.2, -0.15) is 0 Å². The zero-order valence-electron chi connectivity index (χ0n) is 22.3. The van der Waals surface area contributed by atoms with E-state index in [0.717, 1.165) is 50.5 Å². The van der Waals surface area contributed by atoms with Gasteiger partial charge in [0.05, 0.1) is 0 Å². The van der Waals surface area contributed by atoms with E-state index in [-0.39, 0.29) is 17.4 Å². The van der Waals surface area contributed by atoms with Crippen LogP contribution in [-0.4, -0.2) is 12.3 Å². The first-order valence-corrected chi connectivity index (χ1v) is 14.2. The molecule has 0 radical (unpaired) electrons. The standard InChI is InChI=1S/C34H32BrN3O/c1-34(2)21-31-30(32(39)22-34)23-36-33(38(31)29-19-15-25(35)16-20-29)24-13-17-28(18-14-24)37(26-9-5-3-6-10-26)27-11-7-4-8-12-27/h3-20,33,36H,21-23H2,1-2H3. The Labute approximate surface area is 239 Å². The van der Waals surface area contributed by atoms with Gasteiger partial charge in [0, 0.05) is 51.5 Å². The van der Waals surface area contributed by atoms with E-state index in [1.807, 2.05) is 12.1 Å². The maximum absolute atomic E-state index is 13.2. The van der Waals surface area contributed by atoms with E-state index in [9.17, 15) is 4.79 Å². The quantitative estimate of drug-likeness (QED) is 0.257. The smallest absolute Gasteiger partial charge is 0.162 e. The summed E-state index contributed by atoms with van der Waals surface area (Å²) in [6.45, 7) is 4.98. The van der Waals surface area contributed by atoms with Crippen LogP contribution in [0.4, 0.5) is 22.7 Å². The van der Waals surface area contributed by atoms with Crippen molar-refractivity contribution >= 4 is 44.5 Å². The molecule has 4 nitrogen and oxygen atoms in total. The minimum Gasteiger partial charge on any atom is -0.325 e. The molecule has 0 fully saturated rings. The molecule has 4 aromatic rings. The van der Waals surface area contributed by atoms with E-state index in [4.69, 9.17) is 0 Å². The van der Waals surface area contributed by atoms with Crippen molar-refractivity contribution in [2.24, 2.45) is 5.41 Å². The van der Waals surface area contributed by atoms with Gasteiger partial charge in [-0.3, -0.25) is 10.1 Å². The summed E-state index contributed by atoms with van der Waals surface area (Å²) in [5, 5.41) is 3.69. The molecular weight excluding hydrogens is 546 g/mol. The molecule has 0 saturated heterocycles. The summed E-state index contributed by atoms with van der Waals surface area (Å²) in [5.74, 6) is 0.256. The van der Waals surface area contributed by atoms with Crippen molar-refractivity contribution in [3.8, 4) is 0 Å². The number of allylic oxidation sites excluding steroid dienone is 1. The maximum atomic E-state index is 13.2. The average Bonchev–Trinajstić information content (AvgIpc) is 2.94. The normalized spacial score (nSPS) is 18.6. The molecule has 1 heterocycles. The summed E-state index contributed by atoms with van der Waals surface area (Å²) in [4.78, 5) is 17.8. The predicted molar refractivity (Wildman–Crippen MR) is 164 cm³/mol. The maximum Gasteiger partial charge on any atom is 0.162 e. The largest absolute Gasteiger partial charge is 0.325 e. The number of halogens is 1. The Morgan fingerprint density at radius 3 is 1.92 bits per heavy atom. The van der Waals surface area contributed by atoms with Gasteiger partial charge in [-0.25, -0.2) is 0 Å². The van der Waals surface area contributed by atoms with Crippen LogP contribution in [0.5, 0.6) is 0 Å². The Morgan fingerprint density at radius 1 is 0.769 bits per heavy atom. The minimum atomic E-state index is -0.0809. The average molecular weight is 579 g/mol. The molecule has 0 spiro atoms. The number of Topliss-reactive ketones (excluding diaryl/α,β-unsaturated/α-hetero) is 1. The topological polar surface area (TPSA) is 35.6 Å². The molecule has 1 aliphatic heterocycles. The van der Waals surface area contributed by atoms with Gasteiger partial charge in [-0.15, -0.1) is 0 Å². The lowest BCUT2D eigenvalue weighted by Crippen LogP contribution is -2.48. The van der Waals surface area contributed by atoms with Crippen LogP contribution >= 0.6 is 15.9 Å². The van der Waals surface area contributed by atoms with E-state index in [1.54, 1.807) is 0 Å². The molecule has 2 aliphatic rings. The minimum absolute atomic E-state index is 0.0683. The number of hydrogen-bond donors (Lipinski definition) is 1. The van der Waals surface area contributed by atoms with Crippen molar-refractivity contribution in [2.75, 3.05) is 16.3 Å². The van der Waals surface area contributed by atoms with Gasteiger partial charge in [-0.05, 0) is 78.1 Å². The summed E-state index contributed by atoms with van der Waals surface area (Å²) in [7, 11) is 0. The number of ketones is 1. The molecule has 0 bridgehead atoms. The highest BCUT2D eigenvalue weighted by atomic mass is 79.9. The van der Waals surface area contributed by atoms with Crippen molar-refractivity contribution in [3.63, 3.8) is 0 Å². The summed E-state index contributed by atoms with van der Waals surface area (Å²) < 4.78 is 1.04. The molecule has 6 rings (SSSR count). The Kier molecular flexibility index (Phi) is 6.88. The van der Waals surface area contributed by atoms with Crippen LogP contribution < -0.4 is 15.1 Å². The second kappa shape index (κ2) is 10.5. The van der Waals surface area contributed by atoms with Crippen LogP contribution in [0.3, 0.4) is 0 Å². The lowest BCUT2D eigenvalue weighted by molar-refractivity contribution is -0.118. The highest BCUT2D eigenvalue weighted by Gasteiger charge is 2.40. The number of para-hydroxylation sites is 2. The molecule has 196 valence electrons. The number of rotatable bonds is 5. The van der Waals surface area contributed by atoms with Gasteiger partial charge in [0.15, 0.2) is 5.78 Å². The number of carbonyl (C=O) groups excluding carboxylic acids is 1. The van der Waals surface area contributed by atoms with E-state index in [0.29, 0.717) is 13.0 Å². The van der Waals surface area contributed by atoms with Gasteiger partial charge in [-0.1, -0.05) is 78.3 Å². The van der Waals surface area contributed by atoms with Crippen LogP contribution in [0.25, 0.3) is 0 Å². The first-order chi connectivity index (χ1) is 18.9. The molecular formula is C34H32BrN3O. The molecule has 5 heteroatoms. The third-order valence-electron chi connectivity index (χ3n) is 7.59. The fourth-order valence-electron chi connectivity index (χ4n) is 5.78. The molecule has 4 aromatic carbocycles. The number of hydrogen-bond acceptors (Lipinski definition) is 4. The zero-order chi connectivity index (χ0) is 27.0. The first kappa shape index (κ1) is 25.6. The third-order valence-corrected chi connectivity index (χ3v) is 8.12. The van der Waals surface area contributed by atoms with Crippen LogP contribution in [0.1, 0.15) is 38.4 Å². The van der Waals surface area contributed by atoms with Crippen molar-refractivity contribution in [1.29, 1.82) is 0 Å². The highest BCUT2D eigenvalue weighted by Crippen LogP contribution is 2.45. The monoisotopic (exact) mass is 577 g/mol. The Morgan fingerprint density at radius 2 is 1.33 bits per heavy atom. The number of benzene rings is 4. The van der Waals surface area contributed by atoms with Crippen molar-refractivity contribution < 1.29 is 4.79 Å². The van der Waals surface area contributed by atoms with Gasteiger partial charge in [0.2, 0.25) is 0 Å². The third kappa shape index (κ3) is 5.17. The van der Waals surface area contributed by atoms with Gasteiger partial charge in [0.25, 0.3) is 0 Å². The van der Waals surface area contributed by atoms with Crippen LogP contribution in [0.15, 0.2) is 125 Å². The molecule has 1 N–H and O–H groups in total. The molecule has 1 atom stereocenters. The zero-order valence-corrected chi connectivity index (χ0v) is 23.9. The molecule has 1 unspecified atom stereocenters. The summed E-state index contributed by atoms with van der Waals surface area (Å²) >= 11 is 3.58. The van der Waals surface area contributed by atoms with Crippen molar-refractivity contribution in [3.05, 3.63) is 131 Å². The van der Waals surface area contributed by atoms with Gasteiger partial charge >= 0.3 is 0 Å². The van der Waals surface area contributed by atoms with Gasteiger partial charge in [0.1, 0.15) is 6.17 Å². The van der Waals surface area contributed by atoms with Crippen LogP contribution in [0.2, 0.25) is 0 Å². The fraction of sp³-hybridized carbons (Fsp3) is 0.206. The van der Waals surface area contributed by atoms with E-state index in [1.165, 1.54) is 0 Å². The lowest BCUT2D eigenvalue weighted by atomic mass is 9.74.